The minimum atomic E-state index is 0.145. The van der Waals surface area contributed by atoms with Crippen LogP contribution < -0.4 is 10.6 Å². The van der Waals surface area contributed by atoms with Crippen LogP contribution in [0.5, 0.6) is 0 Å². The van der Waals surface area contributed by atoms with E-state index < -0.39 is 0 Å². The van der Waals surface area contributed by atoms with Gasteiger partial charge in [-0.1, -0.05) is 38.1 Å². The molecule has 2 rings (SSSR count). The Labute approximate surface area is 134 Å². The zero-order valence-electron chi connectivity index (χ0n) is 13.9. The fourth-order valence-corrected chi connectivity index (χ4v) is 2.90. The molecule has 1 atom stereocenters. The number of rotatable bonds is 8. The van der Waals surface area contributed by atoms with E-state index in [0.29, 0.717) is 19.0 Å². The van der Waals surface area contributed by atoms with Gasteiger partial charge in [-0.2, -0.15) is 0 Å². The van der Waals surface area contributed by atoms with Crippen molar-refractivity contribution in [3.8, 4) is 0 Å². The van der Waals surface area contributed by atoms with Gasteiger partial charge >= 0.3 is 0 Å². The number of nitrogens with zero attached hydrogens (tertiary/aromatic N) is 1. The highest BCUT2D eigenvalue weighted by molar-refractivity contribution is 5.76. The Bertz CT molecular complexity index is 448. The summed E-state index contributed by atoms with van der Waals surface area (Å²) >= 11 is 0. The van der Waals surface area contributed by atoms with Crippen molar-refractivity contribution in [2.45, 2.75) is 52.2 Å². The van der Waals surface area contributed by atoms with Crippen molar-refractivity contribution in [3.63, 3.8) is 0 Å². The zero-order valence-corrected chi connectivity index (χ0v) is 13.9. The quantitative estimate of drug-likeness (QED) is 0.774. The molecular formula is C18H29N3O. The summed E-state index contributed by atoms with van der Waals surface area (Å²) in [4.78, 5) is 14.3. The van der Waals surface area contributed by atoms with Gasteiger partial charge in [-0.05, 0) is 43.6 Å². The van der Waals surface area contributed by atoms with Gasteiger partial charge < -0.3 is 10.6 Å². The molecule has 1 fully saturated rings. The Hall–Kier alpha value is -1.39. The summed E-state index contributed by atoms with van der Waals surface area (Å²) in [6, 6.07) is 8.94. The molecule has 1 aliphatic heterocycles. The van der Waals surface area contributed by atoms with Gasteiger partial charge in [0.1, 0.15) is 0 Å². The second-order valence-corrected chi connectivity index (χ2v) is 6.05. The molecular weight excluding hydrogens is 274 g/mol. The van der Waals surface area contributed by atoms with E-state index in [9.17, 15) is 4.79 Å². The summed E-state index contributed by atoms with van der Waals surface area (Å²) in [5.74, 6) is 0.145. The SMILES string of the molecule is CCN(CC)Cc1ccc(CNC(=O)CC2CCCN2)cc1. The molecule has 0 spiro atoms. The van der Waals surface area contributed by atoms with Gasteiger partial charge in [0.2, 0.25) is 5.91 Å². The van der Waals surface area contributed by atoms with Crippen LogP contribution in [-0.2, 0) is 17.9 Å². The molecule has 0 aromatic heterocycles. The van der Waals surface area contributed by atoms with E-state index in [1.54, 1.807) is 0 Å². The Balaban J connectivity index is 1.74. The van der Waals surface area contributed by atoms with Crippen molar-refractivity contribution in [2.75, 3.05) is 19.6 Å². The van der Waals surface area contributed by atoms with Crippen LogP contribution in [0.3, 0.4) is 0 Å². The topological polar surface area (TPSA) is 44.4 Å². The number of carbonyl (C=O) groups is 1. The fraction of sp³-hybridized carbons (Fsp3) is 0.611. The predicted octanol–water partition coefficient (Wildman–Crippen LogP) is 2.29. The average Bonchev–Trinajstić information content (AvgIpc) is 3.04. The monoisotopic (exact) mass is 303 g/mol. The number of amides is 1. The third-order valence-electron chi connectivity index (χ3n) is 4.41. The first-order valence-electron chi connectivity index (χ1n) is 8.51. The van der Waals surface area contributed by atoms with E-state index in [1.165, 1.54) is 12.0 Å². The lowest BCUT2D eigenvalue weighted by atomic mass is 10.1. The maximum Gasteiger partial charge on any atom is 0.221 e. The average molecular weight is 303 g/mol. The molecule has 122 valence electrons. The summed E-state index contributed by atoms with van der Waals surface area (Å²) in [6.45, 7) is 9.18. The van der Waals surface area contributed by atoms with E-state index in [0.717, 1.165) is 38.2 Å². The van der Waals surface area contributed by atoms with Gasteiger partial charge in [-0.3, -0.25) is 9.69 Å². The molecule has 0 bridgehead atoms. The Morgan fingerprint density at radius 2 is 1.91 bits per heavy atom. The van der Waals surface area contributed by atoms with Crippen LogP contribution in [0.1, 0.15) is 44.2 Å². The van der Waals surface area contributed by atoms with Crippen molar-refractivity contribution in [3.05, 3.63) is 35.4 Å². The van der Waals surface area contributed by atoms with Gasteiger partial charge in [0.15, 0.2) is 0 Å². The minimum Gasteiger partial charge on any atom is -0.352 e. The van der Waals surface area contributed by atoms with Crippen LogP contribution in [0.2, 0.25) is 0 Å². The molecule has 0 saturated carbocycles. The van der Waals surface area contributed by atoms with Gasteiger partial charge in [-0.25, -0.2) is 0 Å². The highest BCUT2D eigenvalue weighted by Crippen LogP contribution is 2.10. The molecule has 1 unspecified atom stereocenters. The van der Waals surface area contributed by atoms with Crippen LogP contribution in [0, 0.1) is 0 Å². The lowest BCUT2D eigenvalue weighted by Gasteiger charge is -2.18. The van der Waals surface area contributed by atoms with Gasteiger partial charge in [0.25, 0.3) is 0 Å². The van der Waals surface area contributed by atoms with Crippen molar-refractivity contribution in [1.82, 2.24) is 15.5 Å². The molecule has 0 aliphatic carbocycles. The molecule has 22 heavy (non-hydrogen) atoms. The molecule has 1 heterocycles. The standard InChI is InChI=1S/C18H29N3O/c1-3-21(4-2)14-16-9-7-15(8-10-16)13-20-18(22)12-17-6-5-11-19-17/h7-10,17,19H,3-6,11-14H2,1-2H3,(H,20,22). The van der Waals surface area contributed by atoms with Gasteiger partial charge in [0, 0.05) is 25.6 Å². The first-order valence-corrected chi connectivity index (χ1v) is 8.51. The minimum absolute atomic E-state index is 0.145. The lowest BCUT2D eigenvalue weighted by molar-refractivity contribution is -0.121. The van der Waals surface area contributed by atoms with E-state index >= 15 is 0 Å². The highest BCUT2D eigenvalue weighted by Gasteiger charge is 2.17. The van der Waals surface area contributed by atoms with Crippen LogP contribution in [-0.4, -0.2) is 36.5 Å². The number of carbonyl (C=O) groups excluding carboxylic acids is 1. The summed E-state index contributed by atoms with van der Waals surface area (Å²) in [5.41, 5.74) is 2.49. The second kappa shape index (κ2) is 8.91. The molecule has 4 nitrogen and oxygen atoms in total. The normalized spacial score (nSPS) is 17.9. The first kappa shape index (κ1) is 17.0. The van der Waals surface area contributed by atoms with Gasteiger partial charge in [-0.15, -0.1) is 0 Å². The van der Waals surface area contributed by atoms with Crippen molar-refractivity contribution in [2.24, 2.45) is 0 Å². The van der Waals surface area contributed by atoms with Crippen molar-refractivity contribution in [1.29, 1.82) is 0 Å². The summed E-state index contributed by atoms with van der Waals surface area (Å²) in [7, 11) is 0. The van der Waals surface area contributed by atoms with Crippen LogP contribution in [0.25, 0.3) is 0 Å². The van der Waals surface area contributed by atoms with Crippen LogP contribution in [0.4, 0.5) is 0 Å². The Morgan fingerprint density at radius 1 is 1.23 bits per heavy atom. The number of nitrogens with one attached hydrogen (secondary N) is 2. The van der Waals surface area contributed by atoms with E-state index in [1.807, 2.05) is 0 Å². The van der Waals surface area contributed by atoms with E-state index in [-0.39, 0.29) is 5.91 Å². The first-order chi connectivity index (χ1) is 10.7. The summed E-state index contributed by atoms with van der Waals surface area (Å²) in [5, 5.41) is 6.38. The third-order valence-corrected chi connectivity index (χ3v) is 4.41. The van der Waals surface area contributed by atoms with Crippen LogP contribution in [0.15, 0.2) is 24.3 Å². The summed E-state index contributed by atoms with van der Waals surface area (Å²) < 4.78 is 0. The molecule has 1 saturated heterocycles. The zero-order chi connectivity index (χ0) is 15.8. The molecule has 1 aliphatic rings. The Kier molecular flexibility index (Phi) is 6.87. The Morgan fingerprint density at radius 3 is 2.50 bits per heavy atom. The maximum atomic E-state index is 11.9. The number of hydrogen-bond donors (Lipinski definition) is 2. The largest absolute Gasteiger partial charge is 0.352 e. The smallest absolute Gasteiger partial charge is 0.221 e. The van der Waals surface area contributed by atoms with Gasteiger partial charge in [0.05, 0.1) is 0 Å². The fourth-order valence-electron chi connectivity index (χ4n) is 2.90. The third kappa shape index (κ3) is 5.43. The summed E-state index contributed by atoms with van der Waals surface area (Å²) in [6.07, 6.45) is 2.90. The maximum absolute atomic E-state index is 11.9. The highest BCUT2D eigenvalue weighted by atomic mass is 16.1. The van der Waals surface area contributed by atoms with Crippen molar-refractivity contribution < 1.29 is 4.79 Å². The van der Waals surface area contributed by atoms with E-state index in [2.05, 4.69) is 53.6 Å². The lowest BCUT2D eigenvalue weighted by Crippen LogP contribution is -2.31. The number of hydrogen-bond acceptors (Lipinski definition) is 3. The van der Waals surface area contributed by atoms with Crippen molar-refractivity contribution >= 4 is 5.91 Å². The molecule has 1 amide bonds. The molecule has 4 heteroatoms. The van der Waals surface area contributed by atoms with Crippen LogP contribution >= 0.6 is 0 Å². The molecule has 1 aromatic carbocycles. The van der Waals surface area contributed by atoms with E-state index in [4.69, 9.17) is 0 Å². The predicted molar refractivity (Wildman–Crippen MR) is 90.6 cm³/mol. The molecule has 2 N–H and O–H groups in total. The molecule has 0 radical (unpaired) electrons. The number of benzene rings is 1. The second-order valence-electron chi connectivity index (χ2n) is 6.05. The molecule has 1 aromatic rings.